The van der Waals surface area contributed by atoms with Gasteiger partial charge in [-0.2, -0.15) is 5.10 Å². The average molecular weight is 411 g/mol. The molecule has 29 heavy (non-hydrogen) atoms. The maximum absolute atomic E-state index is 12.7. The molecule has 1 amide bonds. The highest BCUT2D eigenvalue weighted by Gasteiger charge is 2.31. The van der Waals surface area contributed by atoms with E-state index >= 15 is 0 Å². The molecule has 0 radical (unpaired) electrons. The van der Waals surface area contributed by atoms with Crippen molar-refractivity contribution in [3.05, 3.63) is 72.4 Å². The highest BCUT2D eigenvalue weighted by atomic mass is 35.5. The third-order valence-corrected chi connectivity index (χ3v) is 5.61. The fourth-order valence-corrected chi connectivity index (χ4v) is 4.07. The number of benzene rings is 2. The number of rotatable bonds is 6. The van der Waals surface area contributed by atoms with E-state index in [1.165, 1.54) is 0 Å². The van der Waals surface area contributed by atoms with Crippen LogP contribution in [0.2, 0.25) is 0 Å². The standard InChI is InChI=1S/C23H26N4O.ClH/c24-14-18-10-7-13-21(18)23(28)25-15-19-16-27(20-11-5-2-6-12-20)26-22(19)17-8-3-1-4-9-17;/h1-6,8-9,11-12,16,18,21H,7,10,13-15,24H2,(H,25,28);1H/t18-,21-;/m1./s1. The second-order valence-electron chi connectivity index (χ2n) is 7.40. The molecule has 6 heteroatoms. The SMILES string of the molecule is Cl.NC[C@H]1CCC[C@H]1C(=O)NCc1cn(-c2ccccc2)nc1-c1ccccc1. The number of carbonyl (C=O) groups excluding carboxylic acids is 1. The lowest BCUT2D eigenvalue weighted by atomic mass is 9.95. The Morgan fingerprint density at radius 1 is 1.07 bits per heavy atom. The van der Waals surface area contributed by atoms with E-state index in [9.17, 15) is 4.79 Å². The van der Waals surface area contributed by atoms with Crippen molar-refractivity contribution in [3.8, 4) is 16.9 Å². The van der Waals surface area contributed by atoms with Gasteiger partial charge in [-0.3, -0.25) is 4.79 Å². The molecule has 152 valence electrons. The average Bonchev–Trinajstić information content (AvgIpc) is 3.40. The first kappa shape index (κ1) is 21.1. The molecule has 1 aliphatic rings. The molecule has 1 heterocycles. The van der Waals surface area contributed by atoms with Crippen molar-refractivity contribution in [1.82, 2.24) is 15.1 Å². The predicted octanol–water partition coefficient (Wildman–Crippen LogP) is 3.95. The number of nitrogens with one attached hydrogen (secondary N) is 1. The highest BCUT2D eigenvalue weighted by Crippen LogP contribution is 2.31. The number of nitrogens with zero attached hydrogens (tertiary/aromatic N) is 2. The molecule has 1 saturated carbocycles. The van der Waals surface area contributed by atoms with E-state index < -0.39 is 0 Å². The molecule has 0 spiro atoms. The third-order valence-electron chi connectivity index (χ3n) is 5.61. The van der Waals surface area contributed by atoms with Crippen molar-refractivity contribution in [2.24, 2.45) is 17.6 Å². The molecule has 4 rings (SSSR count). The zero-order chi connectivity index (χ0) is 19.3. The van der Waals surface area contributed by atoms with Crippen LogP contribution in [0.4, 0.5) is 0 Å². The van der Waals surface area contributed by atoms with Gasteiger partial charge in [0.2, 0.25) is 5.91 Å². The molecule has 1 aliphatic carbocycles. The summed E-state index contributed by atoms with van der Waals surface area (Å²) in [6, 6.07) is 20.1. The van der Waals surface area contributed by atoms with E-state index in [0.717, 1.165) is 41.8 Å². The lowest BCUT2D eigenvalue weighted by molar-refractivity contribution is -0.126. The minimum Gasteiger partial charge on any atom is -0.352 e. The van der Waals surface area contributed by atoms with Crippen molar-refractivity contribution in [2.75, 3.05) is 6.54 Å². The lowest BCUT2D eigenvalue weighted by Gasteiger charge is -2.17. The van der Waals surface area contributed by atoms with Gasteiger partial charge in [0.1, 0.15) is 0 Å². The second-order valence-corrected chi connectivity index (χ2v) is 7.40. The molecule has 2 aromatic carbocycles. The van der Waals surface area contributed by atoms with Crippen molar-refractivity contribution in [2.45, 2.75) is 25.8 Å². The number of para-hydroxylation sites is 1. The van der Waals surface area contributed by atoms with E-state index in [2.05, 4.69) is 5.32 Å². The van der Waals surface area contributed by atoms with Crippen LogP contribution in [0.1, 0.15) is 24.8 Å². The molecule has 0 unspecified atom stereocenters. The topological polar surface area (TPSA) is 72.9 Å². The molecule has 5 nitrogen and oxygen atoms in total. The van der Waals surface area contributed by atoms with E-state index in [1.807, 2.05) is 71.5 Å². The number of hydrogen-bond acceptors (Lipinski definition) is 3. The van der Waals surface area contributed by atoms with E-state index in [4.69, 9.17) is 10.8 Å². The number of carbonyl (C=O) groups is 1. The van der Waals surface area contributed by atoms with E-state index in [-0.39, 0.29) is 24.2 Å². The van der Waals surface area contributed by atoms with Crippen molar-refractivity contribution in [1.29, 1.82) is 0 Å². The normalized spacial score (nSPS) is 18.2. The van der Waals surface area contributed by atoms with Gasteiger partial charge in [-0.15, -0.1) is 12.4 Å². The predicted molar refractivity (Wildman–Crippen MR) is 118 cm³/mol. The summed E-state index contributed by atoms with van der Waals surface area (Å²) >= 11 is 0. The number of nitrogens with two attached hydrogens (primary N) is 1. The number of amides is 1. The summed E-state index contributed by atoms with van der Waals surface area (Å²) in [6.45, 7) is 1.04. The Morgan fingerprint density at radius 3 is 2.45 bits per heavy atom. The molecule has 0 bridgehead atoms. The zero-order valence-corrected chi connectivity index (χ0v) is 17.1. The van der Waals surface area contributed by atoms with Gasteiger partial charge in [0.15, 0.2) is 0 Å². The monoisotopic (exact) mass is 410 g/mol. The van der Waals surface area contributed by atoms with Gasteiger partial charge < -0.3 is 11.1 Å². The first-order valence-electron chi connectivity index (χ1n) is 9.93. The summed E-state index contributed by atoms with van der Waals surface area (Å²) < 4.78 is 1.88. The van der Waals surface area contributed by atoms with Crippen LogP contribution < -0.4 is 11.1 Å². The summed E-state index contributed by atoms with van der Waals surface area (Å²) in [5, 5.41) is 7.93. The lowest BCUT2D eigenvalue weighted by Crippen LogP contribution is -2.34. The zero-order valence-electron chi connectivity index (χ0n) is 16.3. The van der Waals surface area contributed by atoms with Gasteiger partial charge >= 0.3 is 0 Å². The smallest absolute Gasteiger partial charge is 0.223 e. The maximum atomic E-state index is 12.7. The Balaban J connectivity index is 0.00000240. The summed E-state index contributed by atoms with van der Waals surface area (Å²) in [5.74, 6) is 0.453. The molecule has 2 atom stereocenters. The minimum absolute atomic E-state index is 0. The minimum atomic E-state index is 0. The molecule has 0 saturated heterocycles. The molecule has 1 fully saturated rings. The van der Waals surface area contributed by atoms with Crippen molar-refractivity contribution < 1.29 is 4.79 Å². The fraction of sp³-hybridized carbons (Fsp3) is 0.304. The Labute approximate surface area is 177 Å². The molecule has 3 N–H and O–H groups in total. The van der Waals surface area contributed by atoms with Gasteiger partial charge in [0.05, 0.1) is 11.4 Å². The van der Waals surface area contributed by atoms with Gasteiger partial charge in [-0.25, -0.2) is 4.68 Å². The van der Waals surface area contributed by atoms with Gasteiger partial charge in [0.25, 0.3) is 0 Å². The fourth-order valence-electron chi connectivity index (χ4n) is 4.07. The van der Waals surface area contributed by atoms with Crippen LogP contribution in [-0.2, 0) is 11.3 Å². The highest BCUT2D eigenvalue weighted by molar-refractivity contribution is 5.85. The Kier molecular flexibility index (Phi) is 7.07. The van der Waals surface area contributed by atoms with Gasteiger partial charge in [-0.05, 0) is 37.4 Å². The van der Waals surface area contributed by atoms with Gasteiger partial charge in [-0.1, -0.05) is 55.0 Å². The van der Waals surface area contributed by atoms with Crippen molar-refractivity contribution in [3.63, 3.8) is 0 Å². The summed E-state index contributed by atoms with van der Waals surface area (Å²) in [4.78, 5) is 12.7. The quantitative estimate of drug-likeness (QED) is 0.646. The molecule has 1 aromatic heterocycles. The van der Waals surface area contributed by atoms with E-state index in [1.54, 1.807) is 0 Å². The Bertz CT molecular complexity index is 927. The molecular formula is C23H27ClN4O. The van der Waals surface area contributed by atoms with Crippen LogP contribution >= 0.6 is 12.4 Å². The van der Waals surface area contributed by atoms with Crippen LogP contribution in [-0.4, -0.2) is 22.2 Å². The molecular weight excluding hydrogens is 384 g/mol. The van der Waals surface area contributed by atoms with Crippen LogP contribution in [0.25, 0.3) is 16.9 Å². The van der Waals surface area contributed by atoms with Crippen LogP contribution in [0.15, 0.2) is 66.9 Å². The van der Waals surface area contributed by atoms with Crippen LogP contribution in [0.3, 0.4) is 0 Å². The first-order chi connectivity index (χ1) is 13.8. The number of hydrogen-bond donors (Lipinski definition) is 2. The Hall–Kier alpha value is -2.63. The van der Waals surface area contributed by atoms with Crippen molar-refractivity contribution >= 4 is 18.3 Å². The third kappa shape index (κ3) is 4.69. The second kappa shape index (κ2) is 9.72. The maximum Gasteiger partial charge on any atom is 0.223 e. The van der Waals surface area contributed by atoms with Crippen LogP contribution in [0.5, 0.6) is 0 Å². The Morgan fingerprint density at radius 2 is 1.76 bits per heavy atom. The van der Waals surface area contributed by atoms with Gasteiger partial charge in [0, 0.05) is 29.8 Å². The molecule has 0 aliphatic heterocycles. The largest absolute Gasteiger partial charge is 0.352 e. The first-order valence-corrected chi connectivity index (χ1v) is 9.93. The molecule has 3 aromatic rings. The summed E-state index contributed by atoms with van der Waals surface area (Å²) in [7, 11) is 0. The summed E-state index contributed by atoms with van der Waals surface area (Å²) in [6.07, 6.45) is 5.08. The van der Waals surface area contributed by atoms with Crippen LogP contribution in [0, 0.1) is 11.8 Å². The number of halogens is 1. The number of aromatic nitrogens is 2. The summed E-state index contributed by atoms with van der Waals surface area (Å²) in [5.41, 5.74) is 9.78. The van der Waals surface area contributed by atoms with E-state index in [0.29, 0.717) is 19.0 Å².